The second-order valence-corrected chi connectivity index (χ2v) is 4.07. The number of nitrogens with one attached hydrogen (secondary N) is 1. The van der Waals surface area contributed by atoms with Gasteiger partial charge in [0.1, 0.15) is 0 Å². The number of carbonyl (C=O) groups excluding carboxylic acids is 1. The maximum absolute atomic E-state index is 11.5. The summed E-state index contributed by atoms with van der Waals surface area (Å²) in [5.41, 5.74) is 6.70. The SMILES string of the molecule is N#CCCNC(=O)[C@@H](N)Cc1ccc(Cl)cc1. The molecule has 17 heavy (non-hydrogen) atoms. The van der Waals surface area contributed by atoms with E-state index in [1.807, 2.05) is 18.2 Å². The van der Waals surface area contributed by atoms with Crippen molar-refractivity contribution in [2.45, 2.75) is 18.9 Å². The van der Waals surface area contributed by atoms with E-state index in [0.29, 0.717) is 24.4 Å². The number of nitrogens with zero attached hydrogens (tertiary/aromatic N) is 1. The normalized spacial score (nSPS) is 11.6. The van der Waals surface area contributed by atoms with Crippen LogP contribution in [0, 0.1) is 11.3 Å². The quantitative estimate of drug-likeness (QED) is 0.773. The Kier molecular flexibility index (Phi) is 5.47. The average molecular weight is 252 g/mol. The van der Waals surface area contributed by atoms with E-state index >= 15 is 0 Å². The minimum Gasteiger partial charge on any atom is -0.354 e. The van der Waals surface area contributed by atoms with Gasteiger partial charge in [0.2, 0.25) is 5.91 Å². The fourth-order valence-electron chi connectivity index (χ4n) is 1.34. The molecule has 0 fully saturated rings. The summed E-state index contributed by atoms with van der Waals surface area (Å²) in [5, 5.41) is 11.6. The molecule has 0 aliphatic rings. The van der Waals surface area contributed by atoms with Crippen molar-refractivity contribution in [2.24, 2.45) is 5.73 Å². The molecule has 0 spiro atoms. The van der Waals surface area contributed by atoms with Crippen LogP contribution in [0.1, 0.15) is 12.0 Å². The predicted octanol–water partition coefficient (Wildman–Crippen LogP) is 1.24. The van der Waals surface area contributed by atoms with E-state index in [2.05, 4.69) is 5.32 Å². The molecule has 1 rings (SSSR count). The minimum atomic E-state index is -0.602. The summed E-state index contributed by atoms with van der Waals surface area (Å²) >= 11 is 5.75. The van der Waals surface area contributed by atoms with E-state index in [-0.39, 0.29) is 5.91 Å². The van der Waals surface area contributed by atoms with Crippen molar-refractivity contribution >= 4 is 17.5 Å². The first-order chi connectivity index (χ1) is 8.13. The highest BCUT2D eigenvalue weighted by molar-refractivity contribution is 6.30. The maximum atomic E-state index is 11.5. The zero-order valence-corrected chi connectivity index (χ0v) is 10.1. The van der Waals surface area contributed by atoms with E-state index in [1.165, 1.54) is 0 Å². The van der Waals surface area contributed by atoms with Gasteiger partial charge in [-0.2, -0.15) is 5.26 Å². The van der Waals surface area contributed by atoms with Gasteiger partial charge in [-0.15, -0.1) is 0 Å². The molecule has 4 nitrogen and oxygen atoms in total. The summed E-state index contributed by atoms with van der Waals surface area (Å²) in [6, 6.07) is 8.54. The lowest BCUT2D eigenvalue weighted by Crippen LogP contribution is -2.42. The highest BCUT2D eigenvalue weighted by Crippen LogP contribution is 2.10. The molecule has 1 aromatic carbocycles. The predicted molar refractivity (Wildman–Crippen MR) is 66.4 cm³/mol. The zero-order chi connectivity index (χ0) is 12.7. The Labute approximate surface area is 105 Å². The number of nitriles is 1. The topological polar surface area (TPSA) is 78.9 Å². The van der Waals surface area contributed by atoms with Gasteiger partial charge in [0.25, 0.3) is 0 Å². The molecule has 0 aliphatic heterocycles. The van der Waals surface area contributed by atoms with Crippen LogP contribution in [0.3, 0.4) is 0 Å². The molecule has 0 saturated carbocycles. The molecular formula is C12H14ClN3O. The van der Waals surface area contributed by atoms with Crippen LogP contribution in [0.2, 0.25) is 5.02 Å². The van der Waals surface area contributed by atoms with Gasteiger partial charge in [-0.1, -0.05) is 23.7 Å². The lowest BCUT2D eigenvalue weighted by molar-refractivity contribution is -0.122. The van der Waals surface area contributed by atoms with Gasteiger partial charge < -0.3 is 11.1 Å². The summed E-state index contributed by atoms with van der Waals surface area (Å²) < 4.78 is 0. The number of halogens is 1. The Morgan fingerprint density at radius 1 is 1.47 bits per heavy atom. The van der Waals surface area contributed by atoms with E-state index in [1.54, 1.807) is 12.1 Å². The third-order valence-electron chi connectivity index (χ3n) is 2.24. The third-order valence-corrected chi connectivity index (χ3v) is 2.49. The molecule has 0 unspecified atom stereocenters. The Morgan fingerprint density at radius 2 is 2.12 bits per heavy atom. The number of hydrogen-bond acceptors (Lipinski definition) is 3. The molecule has 0 aliphatic carbocycles. The van der Waals surface area contributed by atoms with E-state index < -0.39 is 6.04 Å². The van der Waals surface area contributed by atoms with E-state index in [9.17, 15) is 4.79 Å². The molecule has 3 N–H and O–H groups in total. The van der Waals surface area contributed by atoms with Gasteiger partial charge in [-0.3, -0.25) is 4.79 Å². The lowest BCUT2D eigenvalue weighted by atomic mass is 10.1. The minimum absolute atomic E-state index is 0.241. The van der Waals surface area contributed by atoms with Crippen LogP contribution in [0.4, 0.5) is 0 Å². The molecule has 1 aromatic rings. The van der Waals surface area contributed by atoms with Crippen LogP contribution in [-0.4, -0.2) is 18.5 Å². The molecule has 5 heteroatoms. The largest absolute Gasteiger partial charge is 0.354 e. The summed E-state index contributed by atoms with van der Waals surface area (Å²) in [4.78, 5) is 11.5. The highest BCUT2D eigenvalue weighted by atomic mass is 35.5. The number of nitrogens with two attached hydrogens (primary N) is 1. The van der Waals surface area contributed by atoms with Crippen molar-refractivity contribution in [3.63, 3.8) is 0 Å². The fraction of sp³-hybridized carbons (Fsp3) is 0.333. The van der Waals surface area contributed by atoms with Crippen molar-refractivity contribution in [1.29, 1.82) is 5.26 Å². The van der Waals surface area contributed by atoms with Gasteiger partial charge >= 0.3 is 0 Å². The number of rotatable bonds is 5. The van der Waals surface area contributed by atoms with Crippen molar-refractivity contribution in [1.82, 2.24) is 5.32 Å². The number of carbonyl (C=O) groups is 1. The van der Waals surface area contributed by atoms with Crippen molar-refractivity contribution < 1.29 is 4.79 Å². The van der Waals surface area contributed by atoms with Crippen molar-refractivity contribution in [3.05, 3.63) is 34.9 Å². The fourth-order valence-corrected chi connectivity index (χ4v) is 1.47. The second-order valence-electron chi connectivity index (χ2n) is 3.64. The zero-order valence-electron chi connectivity index (χ0n) is 9.32. The molecule has 0 aromatic heterocycles. The van der Waals surface area contributed by atoms with Crippen LogP contribution in [0.25, 0.3) is 0 Å². The van der Waals surface area contributed by atoms with Crippen LogP contribution >= 0.6 is 11.6 Å². The first-order valence-corrected chi connectivity index (χ1v) is 5.66. The average Bonchev–Trinajstić information content (AvgIpc) is 2.32. The molecule has 0 bridgehead atoms. The molecule has 1 amide bonds. The van der Waals surface area contributed by atoms with Crippen molar-refractivity contribution in [2.75, 3.05) is 6.54 Å². The Balaban J connectivity index is 2.43. The molecular weight excluding hydrogens is 238 g/mol. The first-order valence-electron chi connectivity index (χ1n) is 5.28. The summed E-state index contributed by atoms with van der Waals surface area (Å²) in [7, 11) is 0. The number of amides is 1. The van der Waals surface area contributed by atoms with Gasteiger partial charge in [-0.05, 0) is 24.1 Å². The molecule has 0 heterocycles. The van der Waals surface area contributed by atoms with E-state index in [4.69, 9.17) is 22.6 Å². The Morgan fingerprint density at radius 3 is 2.71 bits per heavy atom. The smallest absolute Gasteiger partial charge is 0.237 e. The van der Waals surface area contributed by atoms with Gasteiger partial charge in [0.15, 0.2) is 0 Å². The monoisotopic (exact) mass is 251 g/mol. The van der Waals surface area contributed by atoms with Crippen molar-refractivity contribution in [3.8, 4) is 6.07 Å². The van der Waals surface area contributed by atoms with Crippen LogP contribution in [0.15, 0.2) is 24.3 Å². The standard InChI is InChI=1S/C12H14ClN3O/c13-10-4-2-9(3-5-10)8-11(15)12(17)16-7-1-6-14/h2-5,11H,1,7-8,15H2,(H,16,17)/t11-/m0/s1. The van der Waals surface area contributed by atoms with Gasteiger partial charge in [0, 0.05) is 11.6 Å². The number of benzene rings is 1. The lowest BCUT2D eigenvalue weighted by Gasteiger charge is -2.11. The molecule has 0 radical (unpaired) electrons. The van der Waals surface area contributed by atoms with E-state index in [0.717, 1.165) is 5.56 Å². The molecule has 1 atom stereocenters. The Hall–Kier alpha value is -1.57. The number of hydrogen-bond donors (Lipinski definition) is 2. The van der Waals surface area contributed by atoms with Crippen LogP contribution in [-0.2, 0) is 11.2 Å². The summed E-state index contributed by atoms with van der Waals surface area (Å²) in [6.07, 6.45) is 0.745. The first kappa shape index (κ1) is 13.5. The second kappa shape index (κ2) is 6.89. The van der Waals surface area contributed by atoms with Gasteiger partial charge in [0.05, 0.1) is 18.5 Å². The Bertz CT molecular complexity index is 411. The van der Waals surface area contributed by atoms with Crippen LogP contribution < -0.4 is 11.1 Å². The maximum Gasteiger partial charge on any atom is 0.237 e. The highest BCUT2D eigenvalue weighted by Gasteiger charge is 2.13. The van der Waals surface area contributed by atoms with Crippen LogP contribution in [0.5, 0.6) is 0 Å². The molecule has 90 valence electrons. The van der Waals surface area contributed by atoms with Gasteiger partial charge in [-0.25, -0.2) is 0 Å². The summed E-state index contributed by atoms with van der Waals surface area (Å²) in [5.74, 6) is -0.241. The summed E-state index contributed by atoms with van der Waals surface area (Å²) in [6.45, 7) is 0.337. The third kappa shape index (κ3) is 4.85. The molecule has 0 saturated heterocycles.